The van der Waals surface area contributed by atoms with Gasteiger partial charge in [0, 0.05) is 20.2 Å². The largest absolute Gasteiger partial charge is 0.135 e. The van der Waals surface area contributed by atoms with E-state index in [-0.39, 0.29) is 0 Å². The molecule has 0 nitrogen and oxygen atoms in total. The molecule has 0 bridgehead atoms. The van der Waals surface area contributed by atoms with Gasteiger partial charge in [0.2, 0.25) is 0 Å². The summed E-state index contributed by atoms with van der Waals surface area (Å²) < 4.78 is 2.80. The van der Waals surface area contributed by atoms with Crippen molar-refractivity contribution in [1.29, 1.82) is 0 Å². The summed E-state index contributed by atoms with van der Waals surface area (Å²) in [5.41, 5.74) is 3.53. The zero-order chi connectivity index (χ0) is 14.9. The van der Waals surface area contributed by atoms with Crippen LogP contribution in [0.15, 0.2) is 48.5 Å². The van der Waals surface area contributed by atoms with Crippen molar-refractivity contribution >= 4 is 42.3 Å². The Hall–Kier alpha value is -1.86. The summed E-state index contributed by atoms with van der Waals surface area (Å²) in [4.78, 5) is 0. The molecule has 0 saturated carbocycles. The molecule has 4 aromatic rings. The molecule has 0 atom stereocenters. The molecule has 0 N–H and O–H groups in total. The van der Waals surface area contributed by atoms with Gasteiger partial charge in [0.05, 0.1) is 0 Å². The maximum Gasteiger partial charge on any atom is 0.0361 e. The van der Waals surface area contributed by atoms with Crippen molar-refractivity contribution in [2.75, 3.05) is 0 Å². The zero-order valence-electron chi connectivity index (χ0n) is 12.9. The molecule has 1 aliphatic rings. The molecule has 1 heteroatoms. The highest BCUT2D eigenvalue weighted by atomic mass is 32.1. The Balaban J connectivity index is 1.84. The van der Waals surface area contributed by atoms with Gasteiger partial charge < -0.3 is 0 Å². The van der Waals surface area contributed by atoms with E-state index in [9.17, 15) is 0 Å². The molecule has 5 rings (SSSR count). The van der Waals surface area contributed by atoms with Gasteiger partial charge in [-0.15, -0.1) is 11.3 Å². The molecular weight excluding hydrogens is 284 g/mol. The van der Waals surface area contributed by atoms with Gasteiger partial charge in [-0.2, -0.15) is 0 Å². The van der Waals surface area contributed by atoms with E-state index in [4.69, 9.17) is 0 Å². The van der Waals surface area contributed by atoms with Crippen LogP contribution in [0.25, 0.3) is 30.9 Å². The van der Waals surface area contributed by atoms with Crippen LogP contribution in [0.1, 0.15) is 25.0 Å². The average molecular weight is 302 g/mol. The summed E-state index contributed by atoms with van der Waals surface area (Å²) in [5.74, 6) is 0. The summed E-state index contributed by atoms with van der Waals surface area (Å²) in [6, 6.07) is 18.4. The fourth-order valence-electron chi connectivity index (χ4n) is 4.04. The van der Waals surface area contributed by atoms with Gasteiger partial charge in [-0.1, -0.05) is 44.2 Å². The Morgan fingerprint density at radius 2 is 1.45 bits per heavy atom. The lowest BCUT2D eigenvalue weighted by molar-refractivity contribution is 0.392. The smallest absolute Gasteiger partial charge is 0.0361 e. The Bertz CT molecular complexity index is 1050. The van der Waals surface area contributed by atoms with Crippen molar-refractivity contribution in [3.63, 3.8) is 0 Å². The summed E-state index contributed by atoms with van der Waals surface area (Å²) in [7, 11) is 0. The van der Waals surface area contributed by atoms with E-state index in [1.54, 1.807) is 11.1 Å². The highest BCUT2D eigenvalue weighted by Crippen LogP contribution is 2.41. The van der Waals surface area contributed by atoms with Gasteiger partial charge >= 0.3 is 0 Å². The topological polar surface area (TPSA) is 0 Å². The first-order chi connectivity index (χ1) is 10.6. The molecule has 0 radical (unpaired) electrons. The molecule has 0 saturated heterocycles. The third-order valence-corrected chi connectivity index (χ3v) is 6.13. The number of thiophene rings is 1. The van der Waals surface area contributed by atoms with E-state index in [0.29, 0.717) is 5.41 Å². The number of fused-ring (bicyclic) bond motifs is 5. The van der Waals surface area contributed by atoms with Crippen molar-refractivity contribution in [3.05, 3.63) is 59.7 Å². The SMILES string of the molecule is CC1(C)Cc2cc3cc4sc5ccccc5c4cc3cc2C1. The van der Waals surface area contributed by atoms with Gasteiger partial charge in [-0.25, -0.2) is 0 Å². The Labute approximate surface area is 134 Å². The second kappa shape index (κ2) is 4.11. The quantitative estimate of drug-likeness (QED) is 0.356. The van der Waals surface area contributed by atoms with Gasteiger partial charge in [0.1, 0.15) is 0 Å². The first-order valence-electron chi connectivity index (χ1n) is 7.96. The average Bonchev–Trinajstić information content (AvgIpc) is 2.97. The van der Waals surface area contributed by atoms with Crippen LogP contribution in [0.3, 0.4) is 0 Å². The minimum absolute atomic E-state index is 0.420. The maximum absolute atomic E-state index is 2.44. The van der Waals surface area contributed by atoms with Crippen LogP contribution in [-0.2, 0) is 12.8 Å². The van der Waals surface area contributed by atoms with Crippen LogP contribution in [0.2, 0.25) is 0 Å². The lowest BCUT2D eigenvalue weighted by Gasteiger charge is -2.14. The highest BCUT2D eigenvalue weighted by molar-refractivity contribution is 7.25. The van der Waals surface area contributed by atoms with Crippen molar-refractivity contribution in [2.45, 2.75) is 26.7 Å². The first-order valence-corrected chi connectivity index (χ1v) is 8.78. The van der Waals surface area contributed by atoms with Crippen LogP contribution in [-0.4, -0.2) is 0 Å². The van der Waals surface area contributed by atoms with Gasteiger partial charge in [-0.3, -0.25) is 0 Å². The second-order valence-corrected chi connectivity index (χ2v) is 8.52. The molecule has 3 aromatic carbocycles. The third kappa shape index (κ3) is 1.75. The van der Waals surface area contributed by atoms with E-state index in [1.165, 1.54) is 43.8 Å². The van der Waals surface area contributed by atoms with E-state index in [1.807, 2.05) is 11.3 Å². The fourth-order valence-corrected chi connectivity index (χ4v) is 5.17. The minimum Gasteiger partial charge on any atom is -0.135 e. The predicted molar refractivity (Wildman–Crippen MR) is 98.0 cm³/mol. The Morgan fingerprint density at radius 1 is 0.773 bits per heavy atom. The number of hydrogen-bond acceptors (Lipinski definition) is 1. The summed E-state index contributed by atoms with van der Waals surface area (Å²) in [6.45, 7) is 4.76. The summed E-state index contributed by atoms with van der Waals surface area (Å²) >= 11 is 1.91. The monoisotopic (exact) mass is 302 g/mol. The molecule has 22 heavy (non-hydrogen) atoms. The molecule has 0 unspecified atom stereocenters. The van der Waals surface area contributed by atoms with Crippen LogP contribution in [0.4, 0.5) is 0 Å². The molecule has 0 fully saturated rings. The van der Waals surface area contributed by atoms with Crippen molar-refractivity contribution < 1.29 is 0 Å². The molecule has 1 heterocycles. The van der Waals surface area contributed by atoms with Crippen LogP contribution >= 0.6 is 11.3 Å². The van der Waals surface area contributed by atoms with Crippen molar-refractivity contribution in [1.82, 2.24) is 0 Å². The molecule has 0 spiro atoms. The normalized spacial score (nSPS) is 16.6. The van der Waals surface area contributed by atoms with E-state index >= 15 is 0 Å². The summed E-state index contributed by atoms with van der Waals surface area (Å²) in [5, 5.41) is 5.60. The first kappa shape index (κ1) is 12.7. The van der Waals surface area contributed by atoms with Gasteiger partial charge in [0.25, 0.3) is 0 Å². The van der Waals surface area contributed by atoms with Gasteiger partial charge in [-0.05, 0) is 58.4 Å². The molecule has 0 amide bonds. The fraction of sp³-hybridized carbons (Fsp3) is 0.238. The molecule has 108 valence electrons. The number of benzene rings is 3. The zero-order valence-corrected chi connectivity index (χ0v) is 13.8. The maximum atomic E-state index is 2.44. The number of rotatable bonds is 0. The predicted octanol–water partition coefficient (Wildman–Crippen LogP) is 6.33. The molecule has 1 aromatic heterocycles. The van der Waals surface area contributed by atoms with Crippen LogP contribution in [0.5, 0.6) is 0 Å². The van der Waals surface area contributed by atoms with Crippen molar-refractivity contribution in [3.8, 4) is 0 Å². The van der Waals surface area contributed by atoms with E-state index in [0.717, 1.165) is 0 Å². The Kier molecular flexibility index (Phi) is 2.37. The van der Waals surface area contributed by atoms with Crippen LogP contribution < -0.4 is 0 Å². The van der Waals surface area contributed by atoms with E-state index < -0.39 is 0 Å². The standard InChI is InChI=1S/C21H18S/c1-21(2)11-15-7-13-9-18-17-5-3-4-6-19(17)22-20(18)10-14(13)8-16(15)12-21/h3-10H,11-12H2,1-2H3. The minimum atomic E-state index is 0.420. The van der Waals surface area contributed by atoms with E-state index in [2.05, 4.69) is 62.4 Å². The number of hydrogen-bond donors (Lipinski definition) is 0. The Morgan fingerprint density at radius 3 is 2.23 bits per heavy atom. The molecule has 1 aliphatic carbocycles. The highest BCUT2D eigenvalue weighted by Gasteiger charge is 2.28. The lowest BCUT2D eigenvalue weighted by atomic mass is 9.90. The van der Waals surface area contributed by atoms with Gasteiger partial charge in [0.15, 0.2) is 0 Å². The second-order valence-electron chi connectivity index (χ2n) is 7.43. The summed E-state index contributed by atoms with van der Waals surface area (Å²) in [6.07, 6.45) is 2.42. The molecule has 0 aliphatic heterocycles. The van der Waals surface area contributed by atoms with Crippen molar-refractivity contribution in [2.24, 2.45) is 5.41 Å². The lowest BCUT2D eigenvalue weighted by Crippen LogP contribution is -2.09. The molecular formula is C21H18S. The third-order valence-electron chi connectivity index (χ3n) is 4.99. The van der Waals surface area contributed by atoms with Crippen LogP contribution in [0, 0.1) is 5.41 Å².